The normalized spacial score (nSPS) is 11.4. The topological polar surface area (TPSA) is 40.5 Å². The van der Waals surface area contributed by atoms with Crippen LogP contribution in [0.1, 0.15) is 12.5 Å². The van der Waals surface area contributed by atoms with Gasteiger partial charge in [-0.2, -0.15) is 13.2 Å². The lowest BCUT2D eigenvalue weighted by Gasteiger charge is -2.25. The first kappa shape index (κ1) is 14.8. The number of halogens is 4. The molecule has 1 rings (SSSR count). The number of carbonyl (C=O) groups is 1. The van der Waals surface area contributed by atoms with Gasteiger partial charge < -0.3 is 10.0 Å². The number of nitrogens with zero attached hydrogens (tertiary/aromatic N) is 1. The smallest absolute Gasteiger partial charge is 0.418 e. The molecular weight excluding hydrogens is 315 g/mol. The predicted octanol–water partition coefficient (Wildman–Crippen LogP) is 3.38. The van der Waals surface area contributed by atoms with Gasteiger partial charge in [0.2, 0.25) is 0 Å². The molecule has 0 bridgehead atoms. The zero-order valence-corrected chi connectivity index (χ0v) is 11.0. The molecule has 100 valence electrons. The summed E-state index contributed by atoms with van der Waals surface area (Å²) in [5.74, 6) is -1.17. The standard InChI is InChI=1S/C11H11BrF3NO2/c1-2-16(6-10(17)18)9-4-3-7(12)5-8(9)11(13,14)15/h3-5H,2,6H2,1H3,(H,17,18). The zero-order valence-electron chi connectivity index (χ0n) is 9.46. The molecule has 0 saturated heterocycles. The first-order valence-electron chi connectivity index (χ1n) is 5.09. The molecule has 0 radical (unpaired) electrons. The molecule has 0 spiro atoms. The summed E-state index contributed by atoms with van der Waals surface area (Å²) < 4.78 is 38.9. The van der Waals surface area contributed by atoms with E-state index in [0.717, 1.165) is 11.0 Å². The molecule has 0 saturated carbocycles. The number of likely N-dealkylation sites (N-methyl/N-ethyl adjacent to an activating group) is 1. The Balaban J connectivity index is 3.25. The molecular formula is C11H11BrF3NO2. The average molecular weight is 326 g/mol. The molecule has 1 aromatic carbocycles. The molecule has 0 heterocycles. The summed E-state index contributed by atoms with van der Waals surface area (Å²) >= 11 is 2.98. The number of anilines is 1. The Labute approximate surface area is 110 Å². The molecule has 7 heteroatoms. The molecule has 3 nitrogen and oxygen atoms in total. The number of carboxylic acid groups (broad SMARTS) is 1. The van der Waals surface area contributed by atoms with Crippen LogP contribution in [0.2, 0.25) is 0 Å². The van der Waals surface area contributed by atoms with E-state index < -0.39 is 24.3 Å². The first-order chi connectivity index (χ1) is 8.25. The highest BCUT2D eigenvalue weighted by Gasteiger charge is 2.35. The molecule has 1 aromatic rings. The first-order valence-corrected chi connectivity index (χ1v) is 5.88. The highest BCUT2D eigenvalue weighted by atomic mass is 79.9. The highest BCUT2D eigenvalue weighted by molar-refractivity contribution is 9.10. The monoisotopic (exact) mass is 325 g/mol. The fourth-order valence-electron chi connectivity index (χ4n) is 1.54. The van der Waals surface area contributed by atoms with Gasteiger partial charge in [0.15, 0.2) is 0 Å². The summed E-state index contributed by atoms with van der Waals surface area (Å²) in [5, 5.41) is 8.69. The van der Waals surface area contributed by atoms with Crippen molar-refractivity contribution in [2.45, 2.75) is 13.1 Å². The second kappa shape index (κ2) is 5.60. The maximum atomic E-state index is 12.9. The van der Waals surface area contributed by atoms with Crippen LogP contribution in [0.15, 0.2) is 22.7 Å². The van der Waals surface area contributed by atoms with Gasteiger partial charge >= 0.3 is 12.1 Å². The number of rotatable bonds is 4. The Bertz CT molecular complexity index is 448. The van der Waals surface area contributed by atoms with Crippen molar-refractivity contribution in [1.82, 2.24) is 0 Å². The van der Waals surface area contributed by atoms with Crippen LogP contribution >= 0.6 is 15.9 Å². The summed E-state index contributed by atoms with van der Waals surface area (Å²) in [6.45, 7) is 1.31. The van der Waals surface area contributed by atoms with Crippen LogP contribution in [-0.2, 0) is 11.0 Å². The highest BCUT2D eigenvalue weighted by Crippen LogP contribution is 2.38. The molecule has 0 aliphatic carbocycles. The Hall–Kier alpha value is -1.24. The summed E-state index contributed by atoms with van der Waals surface area (Å²) in [5.41, 5.74) is -0.976. The minimum Gasteiger partial charge on any atom is -0.480 e. The van der Waals surface area contributed by atoms with Crippen molar-refractivity contribution in [3.05, 3.63) is 28.2 Å². The number of benzene rings is 1. The van der Waals surface area contributed by atoms with E-state index in [1.54, 1.807) is 6.92 Å². The van der Waals surface area contributed by atoms with Gasteiger partial charge in [-0.25, -0.2) is 0 Å². The maximum Gasteiger partial charge on any atom is 0.418 e. The van der Waals surface area contributed by atoms with E-state index in [0.29, 0.717) is 4.47 Å². The predicted molar refractivity (Wildman–Crippen MR) is 64.7 cm³/mol. The number of hydrogen-bond acceptors (Lipinski definition) is 2. The molecule has 1 N–H and O–H groups in total. The van der Waals surface area contributed by atoms with Gasteiger partial charge in [-0.3, -0.25) is 4.79 Å². The van der Waals surface area contributed by atoms with Crippen molar-refractivity contribution >= 4 is 27.6 Å². The third kappa shape index (κ3) is 3.63. The summed E-state index contributed by atoms with van der Waals surface area (Å²) in [6, 6.07) is 3.66. The number of carboxylic acids is 1. The van der Waals surface area contributed by atoms with Crippen molar-refractivity contribution in [2.24, 2.45) is 0 Å². The van der Waals surface area contributed by atoms with Crippen LogP contribution in [0.5, 0.6) is 0 Å². The van der Waals surface area contributed by atoms with E-state index in [4.69, 9.17) is 5.11 Å². The van der Waals surface area contributed by atoms with Crippen LogP contribution < -0.4 is 4.90 Å². The number of alkyl halides is 3. The second-order valence-corrected chi connectivity index (χ2v) is 4.48. The van der Waals surface area contributed by atoms with E-state index in [1.807, 2.05) is 0 Å². The molecule has 0 fully saturated rings. The SMILES string of the molecule is CCN(CC(=O)O)c1ccc(Br)cc1C(F)(F)F. The third-order valence-electron chi connectivity index (χ3n) is 2.31. The zero-order chi connectivity index (χ0) is 13.9. The lowest BCUT2D eigenvalue weighted by atomic mass is 10.1. The minimum absolute atomic E-state index is 0.129. The van der Waals surface area contributed by atoms with Crippen molar-refractivity contribution in [3.63, 3.8) is 0 Å². The van der Waals surface area contributed by atoms with E-state index in [1.165, 1.54) is 12.1 Å². The molecule has 18 heavy (non-hydrogen) atoms. The van der Waals surface area contributed by atoms with Gasteiger partial charge in [0.05, 0.1) is 5.56 Å². The van der Waals surface area contributed by atoms with Crippen LogP contribution in [0, 0.1) is 0 Å². The van der Waals surface area contributed by atoms with Crippen LogP contribution in [-0.4, -0.2) is 24.2 Å². The Morgan fingerprint density at radius 2 is 2.06 bits per heavy atom. The van der Waals surface area contributed by atoms with E-state index in [2.05, 4.69) is 15.9 Å². The van der Waals surface area contributed by atoms with Gasteiger partial charge in [-0.15, -0.1) is 0 Å². The quantitative estimate of drug-likeness (QED) is 0.922. The molecule has 0 amide bonds. The fraction of sp³-hybridized carbons (Fsp3) is 0.364. The largest absolute Gasteiger partial charge is 0.480 e. The van der Waals surface area contributed by atoms with Gasteiger partial charge in [0, 0.05) is 16.7 Å². The molecule has 0 aliphatic rings. The van der Waals surface area contributed by atoms with Crippen LogP contribution in [0.3, 0.4) is 0 Å². The maximum absolute atomic E-state index is 12.9. The van der Waals surface area contributed by atoms with Crippen molar-refractivity contribution < 1.29 is 23.1 Å². The van der Waals surface area contributed by atoms with E-state index >= 15 is 0 Å². The van der Waals surface area contributed by atoms with E-state index in [9.17, 15) is 18.0 Å². The lowest BCUT2D eigenvalue weighted by molar-refractivity contribution is -0.138. The van der Waals surface area contributed by atoms with Gasteiger partial charge in [-0.1, -0.05) is 15.9 Å². The summed E-state index contributed by atoms with van der Waals surface area (Å²) in [6.07, 6.45) is -4.52. The van der Waals surface area contributed by atoms with Gasteiger partial charge in [0.25, 0.3) is 0 Å². The lowest BCUT2D eigenvalue weighted by Crippen LogP contribution is -2.31. The summed E-state index contributed by atoms with van der Waals surface area (Å²) in [7, 11) is 0. The fourth-order valence-corrected chi connectivity index (χ4v) is 1.90. The number of aliphatic carboxylic acids is 1. The molecule has 0 aliphatic heterocycles. The minimum atomic E-state index is -4.52. The Morgan fingerprint density at radius 1 is 1.44 bits per heavy atom. The second-order valence-electron chi connectivity index (χ2n) is 3.57. The molecule has 0 atom stereocenters. The Kier molecular flexibility index (Phi) is 4.61. The molecule has 0 aromatic heterocycles. The van der Waals surface area contributed by atoms with Crippen molar-refractivity contribution in [3.8, 4) is 0 Å². The average Bonchev–Trinajstić information content (AvgIpc) is 2.24. The number of hydrogen-bond donors (Lipinski definition) is 1. The Morgan fingerprint density at radius 3 is 2.50 bits per heavy atom. The van der Waals surface area contributed by atoms with Crippen molar-refractivity contribution in [2.75, 3.05) is 18.0 Å². The molecule has 0 unspecified atom stereocenters. The summed E-state index contributed by atoms with van der Waals surface area (Å²) in [4.78, 5) is 11.8. The van der Waals surface area contributed by atoms with Gasteiger partial charge in [-0.05, 0) is 25.1 Å². The third-order valence-corrected chi connectivity index (χ3v) is 2.81. The van der Waals surface area contributed by atoms with Crippen LogP contribution in [0.25, 0.3) is 0 Å². The van der Waals surface area contributed by atoms with Gasteiger partial charge in [0.1, 0.15) is 6.54 Å². The van der Waals surface area contributed by atoms with Crippen LogP contribution in [0.4, 0.5) is 18.9 Å². The van der Waals surface area contributed by atoms with Crippen molar-refractivity contribution in [1.29, 1.82) is 0 Å². The van der Waals surface area contributed by atoms with E-state index in [-0.39, 0.29) is 12.2 Å².